The fraction of sp³-hybridized carbons (Fsp3) is 0.588. The minimum Gasteiger partial charge on any atom is -0.324 e. The molecular weight excluding hydrogens is 287 g/mol. The number of rotatable bonds is 3. The highest BCUT2D eigenvalue weighted by molar-refractivity contribution is 6.16. The average Bonchev–Trinajstić information content (AvgIpc) is 2.85. The number of alkyl halides is 1. The first-order chi connectivity index (χ1) is 10.1. The molecule has 0 N–H and O–H groups in total. The molecule has 1 heterocycles. The van der Waals surface area contributed by atoms with Crippen LogP contribution in [-0.4, -0.2) is 9.55 Å². The van der Waals surface area contributed by atoms with E-state index in [0.717, 1.165) is 16.9 Å². The van der Waals surface area contributed by atoms with Crippen LogP contribution in [0.4, 0.5) is 4.39 Å². The van der Waals surface area contributed by atoms with E-state index in [-0.39, 0.29) is 5.82 Å². The molecule has 4 heteroatoms. The Bertz CT molecular complexity index is 644. The predicted molar refractivity (Wildman–Crippen MR) is 85.3 cm³/mol. The number of aromatic nitrogens is 2. The van der Waals surface area contributed by atoms with Crippen molar-refractivity contribution in [2.75, 3.05) is 0 Å². The maximum absolute atomic E-state index is 13.8. The third kappa shape index (κ3) is 2.68. The highest BCUT2D eigenvalue weighted by atomic mass is 35.5. The predicted octanol–water partition coefficient (Wildman–Crippen LogP) is 5.36. The molecule has 0 radical (unpaired) electrons. The van der Waals surface area contributed by atoms with Gasteiger partial charge in [0.1, 0.15) is 11.6 Å². The number of hydrogen-bond donors (Lipinski definition) is 0. The Morgan fingerprint density at radius 2 is 2.05 bits per heavy atom. The maximum atomic E-state index is 13.8. The van der Waals surface area contributed by atoms with E-state index in [1.54, 1.807) is 6.92 Å². The Kier molecular flexibility index (Phi) is 4.21. The number of nitrogens with zero attached hydrogens (tertiary/aromatic N) is 2. The second-order valence-electron chi connectivity index (χ2n) is 6.26. The summed E-state index contributed by atoms with van der Waals surface area (Å²) in [5.41, 5.74) is 2.40. The summed E-state index contributed by atoms with van der Waals surface area (Å²) < 4.78 is 16.0. The Morgan fingerprint density at radius 1 is 1.33 bits per heavy atom. The van der Waals surface area contributed by atoms with Crippen molar-refractivity contribution in [1.82, 2.24) is 9.55 Å². The van der Waals surface area contributed by atoms with Crippen LogP contribution in [0.1, 0.15) is 56.5 Å². The second kappa shape index (κ2) is 5.96. The monoisotopic (exact) mass is 308 g/mol. The van der Waals surface area contributed by atoms with Gasteiger partial charge in [-0.05, 0) is 44.2 Å². The summed E-state index contributed by atoms with van der Waals surface area (Å²) in [4.78, 5) is 4.54. The standard InChI is InChI=1S/C17H22ClFN2/c1-11-8-16-15(9-14(11)19)20-17(10-18)21(16)12(2)13-6-4-3-5-7-13/h8-9,12-13H,3-7,10H2,1-2H3. The van der Waals surface area contributed by atoms with E-state index in [1.807, 2.05) is 6.07 Å². The molecule has 2 aromatic rings. The van der Waals surface area contributed by atoms with Crippen LogP contribution in [0.2, 0.25) is 0 Å². The zero-order valence-electron chi connectivity index (χ0n) is 12.7. The van der Waals surface area contributed by atoms with Gasteiger partial charge in [0, 0.05) is 12.1 Å². The van der Waals surface area contributed by atoms with Gasteiger partial charge in [-0.3, -0.25) is 0 Å². The summed E-state index contributed by atoms with van der Waals surface area (Å²) in [7, 11) is 0. The van der Waals surface area contributed by atoms with Crippen molar-refractivity contribution in [3.05, 3.63) is 29.3 Å². The lowest BCUT2D eigenvalue weighted by atomic mass is 9.84. The molecule has 0 aliphatic heterocycles. The van der Waals surface area contributed by atoms with E-state index in [1.165, 1.54) is 38.2 Å². The van der Waals surface area contributed by atoms with Gasteiger partial charge in [-0.1, -0.05) is 19.3 Å². The first-order valence-corrected chi connectivity index (χ1v) is 8.38. The molecule has 1 fully saturated rings. The van der Waals surface area contributed by atoms with Gasteiger partial charge >= 0.3 is 0 Å². The maximum Gasteiger partial charge on any atom is 0.128 e. The highest BCUT2D eigenvalue weighted by Crippen LogP contribution is 2.36. The molecule has 114 valence electrons. The zero-order valence-corrected chi connectivity index (χ0v) is 13.5. The first kappa shape index (κ1) is 14.8. The second-order valence-corrected chi connectivity index (χ2v) is 6.53. The van der Waals surface area contributed by atoms with E-state index < -0.39 is 0 Å². The molecule has 1 aromatic heterocycles. The topological polar surface area (TPSA) is 17.8 Å². The molecular formula is C17H22ClFN2. The van der Waals surface area contributed by atoms with E-state index in [9.17, 15) is 4.39 Å². The van der Waals surface area contributed by atoms with Crippen LogP contribution in [0.5, 0.6) is 0 Å². The third-order valence-corrected chi connectivity index (χ3v) is 5.14. The van der Waals surface area contributed by atoms with Crippen LogP contribution in [0.3, 0.4) is 0 Å². The molecule has 1 aromatic carbocycles. The summed E-state index contributed by atoms with van der Waals surface area (Å²) in [6, 6.07) is 3.81. The van der Waals surface area contributed by atoms with Crippen LogP contribution in [0.25, 0.3) is 11.0 Å². The highest BCUT2D eigenvalue weighted by Gasteiger charge is 2.25. The molecule has 0 saturated heterocycles. The fourth-order valence-corrected chi connectivity index (χ4v) is 3.83. The minimum absolute atomic E-state index is 0.196. The number of hydrogen-bond acceptors (Lipinski definition) is 1. The van der Waals surface area contributed by atoms with E-state index in [4.69, 9.17) is 11.6 Å². The van der Waals surface area contributed by atoms with Gasteiger partial charge in [0.25, 0.3) is 0 Å². The van der Waals surface area contributed by atoms with Crippen molar-refractivity contribution in [2.45, 2.75) is 57.9 Å². The summed E-state index contributed by atoms with van der Waals surface area (Å²) >= 11 is 6.09. The number of fused-ring (bicyclic) bond motifs is 1. The van der Waals surface area contributed by atoms with Crippen LogP contribution >= 0.6 is 11.6 Å². The fourth-order valence-electron chi connectivity index (χ4n) is 3.65. The molecule has 1 aliphatic rings. The van der Waals surface area contributed by atoms with Gasteiger partial charge in [0.2, 0.25) is 0 Å². The molecule has 0 spiro atoms. The van der Waals surface area contributed by atoms with Crippen LogP contribution in [-0.2, 0) is 5.88 Å². The number of imidazole rings is 1. The lowest BCUT2D eigenvalue weighted by Crippen LogP contribution is -2.20. The van der Waals surface area contributed by atoms with Crippen molar-refractivity contribution in [2.24, 2.45) is 5.92 Å². The molecule has 3 rings (SSSR count). The number of aryl methyl sites for hydroxylation is 1. The Balaban J connectivity index is 2.08. The van der Waals surface area contributed by atoms with E-state index in [0.29, 0.717) is 23.4 Å². The summed E-state index contributed by atoms with van der Waals surface area (Å²) in [6.45, 7) is 4.06. The molecule has 1 saturated carbocycles. The lowest BCUT2D eigenvalue weighted by molar-refractivity contribution is 0.265. The van der Waals surface area contributed by atoms with Crippen molar-refractivity contribution in [3.8, 4) is 0 Å². The van der Waals surface area contributed by atoms with Crippen molar-refractivity contribution < 1.29 is 4.39 Å². The normalized spacial score (nSPS) is 18.3. The van der Waals surface area contributed by atoms with Crippen LogP contribution < -0.4 is 0 Å². The van der Waals surface area contributed by atoms with Gasteiger partial charge in [0.15, 0.2) is 0 Å². The molecule has 1 atom stereocenters. The van der Waals surface area contributed by atoms with E-state index >= 15 is 0 Å². The third-order valence-electron chi connectivity index (χ3n) is 4.90. The molecule has 1 unspecified atom stereocenters. The molecule has 0 amide bonds. The summed E-state index contributed by atoms with van der Waals surface area (Å²) in [5.74, 6) is 1.70. The largest absolute Gasteiger partial charge is 0.324 e. The molecule has 0 bridgehead atoms. The van der Waals surface area contributed by atoms with Crippen molar-refractivity contribution >= 4 is 22.6 Å². The lowest BCUT2D eigenvalue weighted by Gasteiger charge is -2.30. The van der Waals surface area contributed by atoms with Gasteiger partial charge in [-0.2, -0.15) is 0 Å². The Morgan fingerprint density at radius 3 is 2.71 bits per heavy atom. The molecule has 1 aliphatic carbocycles. The quantitative estimate of drug-likeness (QED) is 0.698. The summed E-state index contributed by atoms with van der Waals surface area (Å²) in [6.07, 6.45) is 6.50. The van der Waals surface area contributed by atoms with Crippen molar-refractivity contribution in [1.29, 1.82) is 0 Å². The van der Waals surface area contributed by atoms with E-state index in [2.05, 4.69) is 16.5 Å². The Hall–Kier alpha value is -1.09. The van der Waals surface area contributed by atoms with Crippen LogP contribution in [0, 0.1) is 18.7 Å². The SMILES string of the molecule is Cc1cc2c(cc1F)nc(CCl)n2C(C)C1CCCCC1. The van der Waals surface area contributed by atoms with Crippen molar-refractivity contribution in [3.63, 3.8) is 0 Å². The first-order valence-electron chi connectivity index (χ1n) is 7.84. The average molecular weight is 309 g/mol. The zero-order chi connectivity index (χ0) is 15.0. The molecule has 2 nitrogen and oxygen atoms in total. The summed E-state index contributed by atoms with van der Waals surface area (Å²) in [5, 5.41) is 0. The molecule has 21 heavy (non-hydrogen) atoms. The van der Waals surface area contributed by atoms with Crippen LogP contribution in [0.15, 0.2) is 12.1 Å². The van der Waals surface area contributed by atoms with Gasteiger partial charge in [-0.15, -0.1) is 11.6 Å². The van der Waals surface area contributed by atoms with Gasteiger partial charge in [-0.25, -0.2) is 9.37 Å². The van der Waals surface area contributed by atoms with Gasteiger partial charge < -0.3 is 4.57 Å². The number of benzene rings is 1. The Labute approximate surface area is 130 Å². The minimum atomic E-state index is -0.196. The van der Waals surface area contributed by atoms with Gasteiger partial charge in [0.05, 0.1) is 16.9 Å². The smallest absolute Gasteiger partial charge is 0.128 e. The number of halogens is 2.